The first-order chi connectivity index (χ1) is 20.8. The Morgan fingerprint density at radius 2 is 0.690 bits per heavy atom. The largest absolute Gasteiger partial charge is 0.353 e. The van der Waals surface area contributed by atoms with E-state index in [2.05, 4.69) is 38.2 Å². The molecule has 0 bridgehead atoms. The van der Waals surface area contributed by atoms with Crippen LogP contribution in [0.15, 0.2) is 24.3 Å². The molecule has 3 heteroatoms. The van der Waals surface area contributed by atoms with Crippen LogP contribution in [0.4, 0.5) is 0 Å². The van der Waals surface area contributed by atoms with Crippen LogP contribution in [0.25, 0.3) is 0 Å². The molecule has 0 saturated heterocycles. The van der Waals surface area contributed by atoms with Gasteiger partial charge in [0.25, 0.3) is 0 Å². The van der Waals surface area contributed by atoms with Crippen LogP contribution in [0.5, 0.6) is 0 Å². The van der Waals surface area contributed by atoms with Gasteiger partial charge >= 0.3 is 0 Å². The van der Waals surface area contributed by atoms with Crippen LogP contribution in [0.1, 0.15) is 200 Å². The fourth-order valence-corrected chi connectivity index (χ4v) is 5.48. The van der Waals surface area contributed by atoms with Gasteiger partial charge in [-0.2, -0.15) is 0 Å². The minimum Gasteiger partial charge on any atom is -0.353 e. The van der Waals surface area contributed by atoms with Crippen LogP contribution in [-0.2, 0) is 9.47 Å². The lowest BCUT2D eigenvalue weighted by molar-refractivity contribution is -0.145. The standard InChI is InChI=1S/C39H77NO2/c1-3-5-7-9-11-13-15-17-19-21-23-25-27-29-31-33-37-41-39(35-36-40)42-38-34-32-30-28-26-24-22-20-18-16-14-12-10-8-6-4-2/h17-20,39H,3-16,21-38,40H2,1-2H3/b19-17-,20-18-. The summed E-state index contributed by atoms with van der Waals surface area (Å²) in [6.45, 7) is 6.81. The lowest BCUT2D eigenvalue weighted by Crippen LogP contribution is -2.22. The molecule has 0 amide bonds. The van der Waals surface area contributed by atoms with Gasteiger partial charge in [-0.3, -0.25) is 0 Å². The summed E-state index contributed by atoms with van der Waals surface area (Å²) in [5, 5.41) is 0. The third-order valence-electron chi connectivity index (χ3n) is 8.32. The average molecular weight is 592 g/mol. The minimum absolute atomic E-state index is 0.110. The molecule has 0 aliphatic heterocycles. The summed E-state index contributed by atoms with van der Waals surface area (Å²) >= 11 is 0. The molecule has 0 atom stereocenters. The van der Waals surface area contributed by atoms with Crippen LogP contribution in [0.3, 0.4) is 0 Å². The SMILES string of the molecule is CCCCCCCC/C=C\CCCCCCCCOC(CCN)OCCCCCCCC/C=C\CCCCCCCC. The lowest BCUT2D eigenvalue weighted by Gasteiger charge is -2.18. The summed E-state index contributed by atoms with van der Waals surface area (Å²) in [7, 11) is 0. The summed E-state index contributed by atoms with van der Waals surface area (Å²) in [5.74, 6) is 0. The van der Waals surface area contributed by atoms with Crippen LogP contribution >= 0.6 is 0 Å². The second-order valence-corrected chi connectivity index (χ2v) is 12.6. The molecule has 0 saturated carbocycles. The van der Waals surface area contributed by atoms with E-state index in [-0.39, 0.29) is 6.29 Å². The van der Waals surface area contributed by atoms with Crippen LogP contribution in [-0.4, -0.2) is 26.0 Å². The van der Waals surface area contributed by atoms with Crippen molar-refractivity contribution in [2.45, 2.75) is 206 Å². The average Bonchev–Trinajstić information content (AvgIpc) is 3.00. The van der Waals surface area contributed by atoms with Gasteiger partial charge in [0.1, 0.15) is 0 Å². The zero-order chi connectivity index (χ0) is 30.4. The van der Waals surface area contributed by atoms with E-state index in [0.29, 0.717) is 6.54 Å². The molecule has 0 aromatic rings. The third kappa shape index (κ3) is 35.6. The number of rotatable bonds is 36. The predicted molar refractivity (Wildman–Crippen MR) is 188 cm³/mol. The van der Waals surface area contributed by atoms with Gasteiger partial charge in [-0.05, 0) is 70.8 Å². The van der Waals surface area contributed by atoms with E-state index >= 15 is 0 Å². The molecule has 3 nitrogen and oxygen atoms in total. The molecule has 42 heavy (non-hydrogen) atoms. The molecule has 2 N–H and O–H groups in total. The predicted octanol–water partition coefficient (Wildman–Crippen LogP) is 12.8. The number of hydrogen-bond acceptors (Lipinski definition) is 3. The molecule has 0 spiro atoms. The van der Waals surface area contributed by atoms with E-state index in [4.69, 9.17) is 15.2 Å². The third-order valence-corrected chi connectivity index (χ3v) is 8.32. The fraction of sp³-hybridized carbons (Fsp3) is 0.897. The Morgan fingerprint density at radius 3 is 1.00 bits per heavy atom. The maximum absolute atomic E-state index is 6.01. The van der Waals surface area contributed by atoms with Crippen molar-refractivity contribution >= 4 is 0 Å². The first kappa shape index (κ1) is 41.4. The zero-order valence-corrected chi connectivity index (χ0v) is 28.9. The minimum atomic E-state index is -0.110. The van der Waals surface area contributed by atoms with Crippen LogP contribution < -0.4 is 5.73 Å². The highest BCUT2D eigenvalue weighted by molar-refractivity contribution is 4.82. The number of ether oxygens (including phenoxy) is 2. The molecule has 250 valence electrons. The number of hydrogen-bond donors (Lipinski definition) is 1. The molecular formula is C39H77NO2. The molecule has 0 aliphatic rings. The molecule has 0 aromatic carbocycles. The summed E-state index contributed by atoms with van der Waals surface area (Å²) < 4.78 is 12.0. The molecule has 0 unspecified atom stereocenters. The quantitative estimate of drug-likeness (QED) is 0.0448. The van der Waals surface area contributed by atoms with Crippen molar-refractivity contribution < 1.29 is 9.47 Å². The smallest absolute Gasteiger partial charge is 0.158 e. The number of unbranched alkanes of at least 4 members (excludes halogenated alkanes) is 24. The molecule has 0 fully saturated rings. The van der Waals surface area contributed by atoms with Crippen LogP contribution in [0.2, 0.25) is 0 Å². The van der Waals surface area contributed by atoms with E-state index in [1.807, 2.05) is 0 Å². The van der Waals surface area contributed by atoms with E-state index < -0.39 is 0 Å². The Labute approximate surface area is 265 Å². The Kier molecular flexibility index (Phi) is 37.8. The van der Waals surface area contributed by atoms with Gasteiger partial charge in [0.05, 0.1) is 0 Å². The van der Waals surface area contributed by atoms with Crippen molar-refractivity contribution in [2.24, 2.45) is 5.73 Å². The highest BCUT2D eigenvalue weighted by Crippen LogP contribution is 2.13. The summed E-state index contributed by atoms with van der Waals surface area (Å²) in [6.07, 6.45) is 47.7. The van der Waals surface area contributed by atoms with Gasteiger partial charge in [-0.15, -0.1) is 0 Å². The summed E-state index contributed by atoms with van der Waals surface area (Å²) in [6, 6.07) is 0. The maximum Gasteiger partial charge on any atom is 0.158 e. The second kappa shape index (κ2) is 38.4. The van der Waals surface area contributed by atoms with Crippen molar-refractivity contribution in [2.75, 3.05) is 19.8 Å². The van der Waals surface area contributed by atoms with Gasteiger partial charge in [0.15, 0.2) is 6.29 Å². The van der Waals surface area contributed by atoms with Crippen molar-refractivity contribution in [3.63, 3.8) is 0 Å². The first-order valence-corrected chi connectivity index (χ1v) is 19.1. The lowest BCUT2D eigenvalue weighted by atomic mass is 10.1. The van der Waals surface area contributed by atoms with Crippen molar-refractivity contribution in [1.82, 2.24) is 0 Å². The Hall–Kier alpha value is -0.640. The topological polar surface area (TPSA) is 44.5 Å². The first-order valence-electron chi connectivity index (χ1n) is 19.1. The molecule has 0 rings (SSSR count). The number of allylic oxidation sites excluding steroid dienone is 4. The summed E-state index contributed by atoms with van der Waals surface area (Å²) in [4.78, 5) is 0. The van der Waals surface area contributed by atoms with Gasteiger partial charge in [-0.25, -0.2) is 0 Å². The Balaban J connectivity index is 3.43. The maximum atomic E-state index is 6.01. The highest BCUT2D eigenvalue weighted by atomic mass is 16.7. The fourth-order valence-electron chi connectivity index (χ4n) is 5.48. The van der Waals surface area contributed by atoms with E-state index in [1.54, 1.807) is 0 Å². The second-order valence-electron chi connectivity index (χ2n) is 12.6. The van der Waals surface area contributed by atoms with Gasteiger partial charge in [0, 0.05) is 19.6 Å². The molecule has 0 aromatic heterocycles. The van der Waals surface area contributed by atoms with Crippen LogP contribution in [0, 0.1) is 0 Å². The normalized spacial score (nSPS) is 12.1. The van der Waals surface area contributed by atoms with Gasteiger partial charge in [0.2, 0.25) is 0 Å². The van der Waals surface area contributed by atoms with Gasteiger partial charge in [-0.1, -0.05) is 154 Å². The monoisotopic (exact) mass is 592 g/mol. The molecular weight excluding hydrogens is 514 g/mol. The molecule has 0 radical (unpaired) electrons. The van der Waals surface area contributed by atoms with Crippen molar-refractivity contribution in [3.05, 3.63) is 24.3 Å². The Morgan fingerprint density at radius 1 is 0.405 bits per heavy atom. The van der Waals surface area contributed by atoms with E-state index in [0.717, 1.165) is 32.5 Å². The molecule has 0 heterocycles. The van der Waals surface area contributed by atoms with E-state index in [1.165, 1.54) is 167 Å². The highest BCUT2D eigenvalue weighted by Gasteiger charge is 2.08. The van der Waals surface area contributed by atoms with Gasteiger partial charge < -0.3 is 15.2 Å². The molecule has 0 aliphatic carbocycles. The van der Waals surface area contributed by atoms with Crippen molar-refractivity contribution in [3.8, 4) is 0 Å². The Bertz CT molecular complexity index is 488. The van der Waals surface area contributed by atoms with E-state index in [9.17, 15) is 0 Å². The van der Waals surface area contributed by atoms with Crippen molar-refractivity contribution in [1.29, 1.82) is 0 Å². The number of nitrogens with two attached hydrogens (primary N) is 1. The zero-order valence-electron chi connectivity index (χ0n) is 28.9. The summed E-state index contributed by atoms with van der Waals surface area (Å²) in [5.41, 5.74) is 5.79.